The van der Waals surface area contributed by atoms with Gasteiger partial charge in [-0.3, -0.25) is 0 Å². The molecule has 0 saturated carbocycles. The third-order valence-corrected chi connectivity index (χ3v) is 4.33. The summed E-state index contributed by atoms with van der Waals surface area (Å²) in [6, 6.07) is 10.2. The van der Waals surface area contributed by atoms with Gasteiger partial charge in [0.05, 0.1) is 15.8 Å². The number of aromatic nitrogens is 1. The predicted molar refractivity (Wildman–Crippen MR) is 82.0 cm³/mol. The van der Waals surface area contributed by atoms with Crippen molar-refractivity contribution in [3.8, 4) is 10.6 Å². The SMILES string of the molecule is O=C(O)c1cc(Cl)ccc1-c1nc2cc(Cl)ccc2s1. The number of fused-ring (bicyclic) bond motifs is 1. The van der Waals surface area contributed by atoms with E-state index in [1.54, 1.807) is 24.3 Å². The Hall–Kier alpha value is -1.62. The topological polar surface area (TPSA) is 50.2 Å². The quantitative estimate of drug-likeness (QED) is 0.724. The summed E-state index contributed by atoms with van der Waals surface area (Å²) in [6.07, 6.45) is 0. The molecule has 0 radical (unpaired) electrons. The summed E-state index contributed by atoms with van der Waals surface area (Å²) < 4.78 is 0.954. The third-order valence-electron chi connectivity index (χ3n) is 2.79. The summed E-state index contributed by atoms with van der Waals surface area (Å²) in [4.78, 5) is 15.8. The highest BCUT2D eigenvalue weighted by Crippen LogP contribution is 2.34. The van der Waals surface area contributed by atoms with Gasteiger partial charge in [0.2, 0.25) is 0 Å². The molecule has 0 aliphatic heterocycles. The lowest BCUT2D eigenvalue weighted by molar-refractivity contribution is 0.0697. The number of carboxylic acids is 1. The maximum Gasteiger partial charge on any atom is 0.336 e. The molecule has 100 valence electrons. The molecule has 6 heteroatoms. The zero-order valence-electron chi connectivity index (χ0n) is 9.93. The molecular weight excluding hydrogens is 317 g/mol. The first kappa shape index (κ1) is 13.4. The highest BCUT2D eigenvalue weighted by molar-refractivity contribution is 7.21. The van der Waals surface area contributed by atoms with Crippen molar-refractivity contribution in [2.45, 2.75) is 0 Å². The van der Waals surface area contributed by atoms with Crippen molar-refractivity contribution in [1.82, 2.24) is 4.98 Å². The van der Waals surface area contributed by atoms with Crippen molar-refractivity contribution < 1.29 is 9.90 Å². The molecule has 20 heavy (non-hydrogen) atoms. The molecule has 0 atom stereocenters. The Morgan fingerprint density at radius 3 is 2.55 bits per heavy atom. The van der Waals surface area contributed by atoms with Gasteiger partial charge in [0, 0.05) is 15.6 Å². The molecule has 2 aromatic carbocycles. The number of aromatic carboxylic acids is 1. The number of thiazole rings is 1. The molecule has 1 N–H and O–H groups in total. The van der Waals surface area contributed by atoms with E-state index >= 15 is 0 Å². The minimum atomic E-state index is -1.03. The summed E-state index contributed by atoms with van der Waals surface area (Å²) in [5.41, 5.74) is 1.45. The molecule has 0 bridgehead atoms. The first-order valence-electron chi connectivity index (χ1n) is 5.64. The van der Waals surface area contributed by atoms with Gasteiger partial charge in [-0.25, -0.2) is 9.78 Å². The van der Waals surface area contributed by atoms with Crippen LogP contribution in [0.3, 0.4) is 0 Å². The van der Waals surface area contributed by atoms with Crippen LogP contribution in [0.2, 0.25) is 10.0 Å². The lowest BCUT2D eigenvalue weighted by Crippen LogP contribution is -1.99. The van der Waals surface area contributed by atoms with Crippen LogP contribution in [0, 0.1) is 0 Å². The second-order valence-electron chi connectivity index (χ2n) is 4.13. The lowest BCUT2D eigenvalue weighted by atomic mass is 10.1. The Morgan fingerprint density at radius 2 is 1.80 bits per heavy atom. The van der Waals surface area contributed by atoms with Crippen LogP contribution in [0.25, 0.3) is 20.8 Å². The van der Waals surface area contributed by atoms with Gasteiger partial charge in [-0.1, -0.05) is 23.2 Å². The molecule has 1 aromatic heterocycles. The van der Waals surface area contributed by atoms with E-state index in [-0.39, 0.29) is 5.56 Å². The average Bonchev–Trinajstić information content (AvgIpc) is 2.81. The van der Waals surface area contributed by atoms with Crippen molar-refractivity contribution in [1.29, 1.82) is 0 Å². The Kier molecular flexibility index (Phi) is 3.38. The molecule has 3 rings (SSSR count). The number of carboxylic acid groups (broad SMARTS) is 1. The molecule has 0 amide bonds. The van der Waals surface area contributed by atoms with Crippen molar-refractivity contribution >= 4 is 50.7 Å². The monoisotopic (exact) mass is 323 g/mol. The number of hydrogen-bond donors (Lipinski definition) is 1. The molecule has 0 saturated heterocycles. The van der Waals surface area contributed by atoms with Crippen LogP contribution in [-0.4, -0.2) is 16.1 Å². The Labute approximate surface area is 128 Å². The average molecular weight is 324 g/mol. The maximum absolute atomic E-state index is 11.3. The van der Waals surface area contributed by atoms with Gasteiger partial charge in [-0.15, -0.1) is 11.3 Å². The Morgan fingerprint density at radius 1 is 1.10 bits per heavy atom. The van der Waals surface area contributed by atoms with Gasteiger partial charge in [-0.2, -0.15) is 0 Å². The van der Waals surface area contributed by atoms with Crippen molar-refractivity contribution in [2.24, 2.45) is 0 Å². The van der Waals surface area contributed by atoms with Gasteiger partial charge in [0.1, 0.15) is 5.01 Å². The van der Waals surface area contributed by atoms with Crippen LogP contribution in [0.15, 0.2) is 36.4 Å². The van der Waals surface area contributed by atoms with Gasteiger partial charge >= 0.3 is 5.97 Å². The summed E-state index contributed by atoms with van der Waals surface area (Å²) in [5, 5.41) is 10.9. The van der Waals surface area contributed by atoms with Crippen molar-refractivity contribution in [3.63, 3.8) is 0 Å². The number of halogens is 2. The highest BCUT2D eigenvalue weighted by atomic mass is 35.5. The molecule has 0 fully saturated rings. The van der Waals surface area contributed by atoms with E-state index < -0.39 is 5.97 Å². The summed E-state index contributed by atoms with van der Waals surface area (Å²) in [5.74, 6) is -1.03. The van der Waals surface area contributed by atoms with E-state index in [0.29, 0.717) is 20.6 Å². The number of carbonyl (C=O) groups is 1. The minimum absolute atomic E-state index is 0.141. The lowest BCUT2D eigenvalue weighted by Gasteiger charge is -2.02. The van der Waals surface area contributed by atoms with E-state index in [9.17, 15) is 9.90 Å². The van der Waals surface area contributed by atoms with Crippen LogP contribution >= 0.6 is 34.5 Å². The fraction of sp³-hybridized carbons (Fsp3) is 0. The van der Waals surface area contributed by atoms with E-state index in [1.165, 1.54) is 17.4 Å². The second kappa shape index (κ2) is 5.05. The maximum atomic E-state index is 11.3. The molecule has 0 spiro atoms. The largest absolute Gasteiger partial charge is 0.478 e. The zero-order chi connectivity index (χ0) is 14.3. The predicted octanol–water partition coefficient (Wildman–Crippen LogP) is 4.97. The smallest absolute Gasteiger partial charge is 0.336 e. The summed E-state index contributed by atoms with van der Waals surface area (Å²) in [6.45, 7) is 0. The van der Waals surface area contributed by atoms with Crippen molar-refractivity contribution in [3.05, 3.63) is 52.0 Å². The Balaban J connectivity index is 2.22. The zero-order valence-corrected chi connectivity index (χ0v) is 12.3. The van der Waals surface area contributed by atoms with Crippen molar-refractivity contribution in [2.75, 3.05) is 0 Å². The van der Waals surface area contributed by atoms with E-state index in [4.69, 9.17) is 23.2 Å². The number of rotatable bonds is 2. The third kappa shape index (κ3) is 2.38. The molecule has 0 unspecified atom stereocenters. The minimum Gasteiger partial charge on any atom is -0.478 e. The second-order valence-corrected chi connectivity index (χ2v) is 6.03. The van der Waals surface area contributed by atoms with Crippen LogP contribution in [0.4, 0.5) is 0 Å². The van der Waals surface area contributed by atoms with Crippen LogP contribution in [-0.2, 0) is 0 Å². The van der Waals surface area contributed by atoms with Gasteiger partial charge in [0.25, 0.3) is 0 Å². The van der Waals surface area contributed by atoms with Crippen LogP contribution in [0.5, 0.6) is 0 Å². The summed E-state index contributed by atoms with van der Waals surface area (Å²) >= 11 is 13.2. The van der Waals surface area contributed by atoms with Crippen LogP contribution in [0.1, 0.15) is 10.4 Å². The molecule has 3 nitrogen and oxygen atoms in total. The van der Waals surface area contributed by atoms with Crippen LogP contribution < -0.4 is 0 Å². The number of nitrogens with zero attached hydrogens (tertiary/aromatic N) is 1. The fourth-order valence-electron chi connectivity index (χ4n) is 1.90. The molecule has 0 aliphatic rings. The number of hydrogen-bond acceptors (Lipinski definition) is 3. The van der Waals surface area contributed by atoms with E-state index in [0.717, 1.165) is 10.2 Å². The fourth-order valence-corrected chi connectivity index (χ4v) is 3.22. The van der Waals surface area contributed by atoms with E-state index in [2.05, 4.69) is 4.98 Å². The first-order chi connectivity index (χ1) is 9.54. The highest BCUT2D eigenvalue weighted by Gasteiger charge is 2.15. The Bertz CT molecular complexity index is 829. The molecule has 3 aromatic rings. The molecule has 1 heterocycles. The first-order valence-corrected chi connectivity index (χ1v) is 7.21. The molecular formula is C14H7Cl2NO2S. The van der Waals surface area contributed by atoms with Gasteiger partial charge < -0.3 is 5.11 Å². The number of benzene rings is 2. The van der Waals surface area contributed by atoms with Gasteiger partial charge in [0.15, 0.2) is 0 Å². The van der Waals surface area contributed by atoms with E-state index in [1.807, 2.05) is 6.07 Å². The van der Waals surface area contributed by atoms with Gasteiger partial charge in [-0.05, 0) is 36.4 Å². The summed E-state index contributed by atoms with van der Waals surface area (Å²) in [7, 11) is 0. The molecule has 0 aliphatic carbocycles. The normalized spacial score (nSPS) is 10.9. The standard InChI is InChI=1S/C14H7Cl2NO2S/c15-7-1-3-9(10(5-7)14(18)19)13-17-11-6-8(16)2-4-12(11)20-13/h1-6H,(H,18,19).